The molecule has 0 fully saturated rings. The molecule has 1 aromatic carbocycles. The number of anilines is 3. The molecule has 0 aliphatic rings. The Balaban J connectivity index is 2.07. The maximum Gasteiger partial charge on any atom is 0.414 e. The van der Waals surface area contributed by atoms with Crippen LogP contribution in [0.2, 0.25) is 0 Å². The van der Waals surface area contributed by atoms with Gasteiger partial charge in [0, 0.05) is 18.1 Å². The number of carbonyl (C=O) groups is 1. The van der Waals surface area contributed by atoms with E-state index >= 15 is 0 Å². The fourth-order valence-electron chi connectivity index (χ4n) is 1.82. The Morgan fingerprint density at radius 2 is 1.76 bits per heavy atom. The van der Waals surface area contributed by atoms with E-state index in [9.17, 15) is 13.2 Å². The molecule has 2 aromatic rings. The second-order valence-corrected chi connectivity index (χ2v) is 8.33. The zero-order valence-electron chi connectivity index (χ0n) is 14.4. The quantitative estimate of drug-likeness (QED) is 0.858. The summed E-state index contributed by atoms with van der Waals surface area (Å²) in [6, 6.07) is 7.86. The molecular formula is C16H20N4O4S. The number of nitrogens with one attached hydrogen (secondary N) is 2. The first-order valence-electron chi connectivity index (χ1n) is 7.43. The van der Waals surface area contributed by atoms with Crippen molar-refractivity contribution in [1.29, 1.82) is 0 Å². The van der Waals surface area contributed by atoms with Gasteiger partial charge in [-0.3, -0.25) is 5.32 Å². The van der Waals surface area contributed by atoms with Crippen LogP contribution < -0.4 is 10.6 Å². The van der Waals surface area contributed by atoms with Crippen molar-refractivity contribution in [2.45, 2.75) is 31.3 Å². The van der Waals surface area contributed by atoms with Gasteiger partial charge in [0.2, 0.25) is 5.95 Å². The second kappa shape index (κ2) is 7.06. The number of rotatable bonds is 4. The van der Waals surface area contributed by atoms with Crippen LogP contribution in [0.3, 0.4) is 0 Å². The molecule has 0 saturated carbocycles. The smallest absolute Gasteiger partial charge is 0.414 e. The molecule has 1 amide bonds. The standard InChI is InChI=1S/C16H20N4O4S/c1-16(2,3)24-15(21)20-14-17-10-9-13(19-14)18-11-5-7-12(8-6-11)25(4,22)23/h5-10H,1-4H3,(H2,17,18,19,20,21). The monoisotopic (exact) mass is 364 g/mol. The third-order valence-electron chi connectivity index (χ3n) is 2.82. The van der Waals surface area contributed by atoms with Crippen molar-refractivity contribution in [3.05, 3.63) is 36.5 Å². The van der Waals surface area contributed by atoms with Crippen molar-refractivity contribution in [3.63, 3.8) is 0 Å². The van der Waals surface area contributed by atoms with Crippen molar-refractivity contribution in [1.82, 2.24) is 9.97 Å². The minimum Gasteiger partial charge on any atom is -0.444 e. The summed E-state index contributed by atoms with van der Waals surface area (Å²) in [6.07, 6.45) is 1.98. The average Bonchev–Trinajstić information content (AvgIpc) is 2.45. The number of sulfone groups is 1. The molecule has 8 nitrogen and oxygen atoms in total. The average molecular weight is 364 g/mol. The molecule has 2 N–H and O–H groups in total. The van der Waals surface area contributed by atoms with Gasteiger partial charge in [-0.15, -0.1) is 0 Å². The van der Waals surface area contributed by atoms with Gasteiger partial charge in [0.15, 0.2) is 9.84 Å². The highest BCUT2D eigenvalue weighted by Gasteiger charge is 2.17. The molecule has 134 valence electrons. The maximum absolute atomic E-state index is 11.7. The number of benzene rings is 1. The topological polar surface area (TPSA) is 110 Å². The lowest BCUT2D eigenvalue weighted by molar-refractivity contribution is 0.0634. The largest absolute Gasteiger partial charge is 0.444 e. The van der Waals surface area contributed by atoms with Crippen molar-refractivity contribution in [2.24, 2.45) is 0 Å². The van der Waals surface area contributed by atoms with Crippen molar-refractivity contribution in [2.75, 3.05) is 16.9 Å². The van der Waals surface area contributed by atoms with Gasteiger partial charge in [0.05, 0.1) is 4.90 Å². The van der Waals surface area contributed by atoms with Crippen LogP contribution in [0.4, 0.5) is 22.2 Å². The number of carbonyl (C=O) groups excluding carboxylic acids is 1. The predicted octanol–water partition coefficient (Wildman–Crippen LogP) is 2.97. The zero-order chi connectivity index (χ0) is 18.7. The van der Waals surface area contributed by atoms with E-state index in [-0.39, 0.29) is 10.8 Å². The molecule has 0 spiro atoms. The highest BCUT2D eigenvalue weighted by Crippen LogP contribution is 2.18. The molecule has 1 heterocycles. The van der Waals surface area contributed by atoms with Crippen LogP contribution in [0.5, 0.6) is 0 Å². The number of nitrogens with zero attached hydrogens (tertiary/aromatic N) is 2. The molecule has 0 aliphatic carbocycles. The van der Waals surface area contributed by atoms with Crippen LogP contribution in [0.15, 0.2) is 41.4 Å². The maximum atomic E-state index is 11.7. The van der Waals surface area contributed by atoms with Gasteiger partial charge in [-0.05, 0) is 51.1 Å². The molecule has 0 bridgehead atoms. The Kier molecular flexibility index (Phi) is 5.27. The molecular weight excluding hydrogens is 344 g/mol. The third kappa shape index (κ3) is 6.03. The molecule has 2 rings (SSSR count). The minimum absolute atomic E-state index is 0.0898. The van der Waals surface area contributed by atoms with Crippen LogP contribution in [0.25, 0.3) is 0 Å². The van der Waals surface area contributed by atoms with Crippen LogP contribution in [0.1, 0.15) is 20.8 Å². The highest BCUT2D eigenvalue weighted by molar-refractivity contribution is 7.90. The first-order valence-corrected chi connectivity index (χ1v) is 9.32. The number of aromatic nitrogens is 2. The first kappa shape index (κ1) is 18.7. The normalized spacial score (nSPS) is 11.7. The van der Waals surface area contributed by atoms with Crippen molar-refractivity contribution in [3.8, 4) is 0 Å². The summed E-state index contributed by atoms with van der Waals surface area (Å²) in [5.74, 6) is 0.528. The fraction of sp³-hybridized carbons (Fsp3) is 0.312. The van der Waals surface area contributed by atoms with E-state index in [1.165, 1.54) is 18.3 Å². The molecule has 0 aliphatic heterocycles. The van der Waals surface area contributed by atoms with E-state index in [1.807, 2.05) is 0 Å². The number of hydrogen-bond acceptors (Lipinski definition) is 7. The Hall–Kier alpha value is -2.68. The summed E-state index contributed by atoms with van der Waals surface area (Å²) in [5, 5.41) is 5.46. The lowest BCUT2D eigenvalue weighted by atomic mass is 10.2. The van der Waals surface area contributed by atoms with E-state index in [1.54, 1.807) is 39.0 Å². The molecule has 0 unspecified atom stereocenters. The second-order valence-electron chi connectivity index (χ2n) is 6.31. The SMILES string of the molecule is CC(C)(C)OC(=O)Nc1nccc(Nc2ccc(S(C)(=O)=O)cc2)n1. The van der Waals surface area contributed by atoms with Crippen molar-refractivity contribution >= 4 is 33.4 Å². The minimum atomic E-state index is -3.24. The molecule has 9 heteroatoms. The third-order valence-corrected chi connectivity index (χ3v) is 3.95. The Labute approximate surface area is 146 Å². The first-order chi connectivity index (χ1) is 11.5. The van der Waals surface area contributed by atoms with Gasteiger partial charge in [0.1, 0.15) is 11.4 Å². The van der Waals surface area contributed by atoms with E-state index in [0.29, 0.717) is 11.5 Å². The van der Waals surface area contributed by atoms with Crippen LogP contribution in [0, 0.1) is 0 Å². The Bertz CT molecular complexity index is 858. The molecule has 1 aromatic heterocycles. The lowest BCUT2D eigenvalue weighted by Crippen LogP contribution is -2.27. The summed E-state index contributed by atoms with van der Waals surface area (Å²) < 4.78 is 28.0. The fourth-order valence-corrected chi connectivity index (χ4v) is 2.45. The van der Waals surface area contributed by atoms with Gasteiger partial charge >= 0.3 is 6.09 Å². The molecule has 0 atom stereocenters. The Morgan fingerprint density at radius 3 is 2.32 bits per heavy atom. The van der Waals surface area contributed by atoms with Gasteiger partial charge in [0.25, 0.3) is 0 Å². The summed E-state index contributed by atoms with van der Waals surface area (Å²) in [7, 11) is -3.24. The lowest BCUT2D eigenvalue weighted by Gasteiger charge is -2.19. The molecule has 0 radical (unpaired) electrons. The van der Waals surface area contributed by atoms with E-state index in [4.69, 9.17) is 4.74 Å². The number of amides is 1. The Morgan fingerprint density at radius 1 is 1.12 bits per heavy atom. The van der Waals surface area contributed by atoms with Gasteiger partial charge in [-0.2, -0.15) is 4.98 Å². The van der Waals surface area contributed by atoms with Crippen LogP contribution >= 0.6 is 0 Å². The summed E-state index contributed by atoms with van der Waals surface area (Å²) in [5.41, 5.74) is 0.0238. The molecule has 0 saturated heterocycles. The van der Waals surface area contributed by atoms with E-state index in [2.05, 4.69) is 20.6 Å². The van der Waals surface area contributed by atoms with E-state index in [0.717, 1.165) is 6.26 Å². The molecule has 25 heavy (non-hydrogen) atoms. The number of hydrogen-bond donors (Lipinski definition) is 2. The van der Waals surface area contributed by atoms with E-state index < -0.39 is 21.5 Å². The summed E-state index contributed by atoms with van der Waals surface area (Å²) in [6.45, 7) is 5.27. The number of ether oxygens (including phenoxy) is 1. The van der Waals surface area contributed by atoms with Crippen LogP contribution in [-0.4, -0.2) is 36.3 Å². The highest BCUT2D eigenvalue weighted by atomic mass is 32.2. The summed E-state index contributed by atoms with van der Waals surface area (Å²) >= 11 is 0. The summed E-state index contributed by atoms with van der Waals surface area (Å²) in [4.78, 5) is 20.1. The van der Waals surface area contributed by atoms with Crippen molar-refractivity contribution < 1.29 is 17.9 Å². The zero-order valence-corrected chi connectivity index (χ0v) is 15.2. The van der Waals surface area contributed by atoms with Gasteiger partial charge in [-0.1, -0.05) is 0 Å². The van der Waals surface area contributed by atoms with Gasteiger partial charge in [-0.25, -0.2) is 18.2 Å². The van der Waals surface area contributed by atoms with Crippen LogP contribution in [-0.2, 0) is 14.6 Å². The predicted molar refractivity (Wildman–Crippen MR) is 94.7 cm³/mol. The van der Waals surface area contributed by atoms with Gasteiger partial charge < -0.3 is 10.1 Å².